The fourth-order valence-corrected chi connectivity index (χ4v) is 4.20. The first-order valence-electron chi connectivity index (χ1n) is 9.15. The maximum atomic E-state index is 13.1. The molecule has 0 aliphatic rings. The second-order valence-electron chi connectivity index (χ2n) is 6.55. The van der Waals surface area contributed by atoms with Gasteiger partial charge in [-0.05, 0) is 42.6 Å². The van der Waals surface area contributed by atoms with Gasteiger partial charge in [-0.15, -0.1) is 22.7 Å². The van der Waals surface area contributed by atoms with Crippen molar-refractivity contribution in [3.05, 3.63) is 92.5 Å². The van der Waals surface area contributed by atoms with Crippen molar-refractivity contribution in [1.82, 2.24) is 9.88 Å². The number of hydrogen-bond acceptors (Lipinski definition) is 6. The van der Waals surface area contributed by atoms with Crippen molar-refractivity contribution in [2.45, 2.75) is 26.6 Å². The third kappa shape index (κ3) is 5.13. The summed E-state index contributed by atoms with van der Waals surface area (Å²) in [5, 5.41) is 4.57. The van der Waals surface area contributed by atoms with Gasteiger partial charge in [-0.1, -0.05) is 23.8 Å². The van der Waals surface area contributed by atoms with Gasteiger partial charge in [-0.25, -0.2) is 4.98 Å². The van der Waals surface area contributed by atoms with Gasteiger partial charge in [0, 0.05) is 10.3 Å². The highest BCUT2D eigenvalue weighted by atomic mass is 32.1. The Morgan fingerprint density at radius 2 is 1.97 bits per heavy atom. The number of thiazole rings is 1. The summed E-state index contributed by atoms with van der Waals surface area (Å²) in [6, 6.07) is 15.6. The zero-order valence-electron chi connectivity index (χ0n) is 15.9. The lowest BCUT2D eigenvalue weighted by Gasteiger charge is -2.20. The van der Waals surface area contributed by atoms with E-state index in [1.165, 1.54) is 16.9 Å². The molecular weight excluding hydrogens is 404 g/mol. The van der Waals surface area contributed by atoms with E-state index >= 15 is 0 Å². The van der Waals surface area contributed by atoms with Gasteiger partial charge in [0.2, 0.25) is 0 Å². The van der Waals surface area contributed by atoms with E-state index < -0.39 is 0 Å². The van der Waals surface area contributed by atoms with Gasteiger partial charge in [-0.2, -0.15) is 0 Å². The van der Waals surface area contributed by atoms with Gasteiger partial charge in [0.25, 0.3) is 5.91 Å². The summed E-state index contributed by atoms with van der Waals surface area (Å²) < 4.78 is 11.2. The van der Waals surface area contributed by atoms with Crippen LogP contribution in [0.2, 0.25) is 0 Å². The standard InChI is InChI=1S/C22H20N2O3S2/c1-16-6-8-17(9-7-16)27-14-21-23-20(15-29-21)22(25)24(12-18-4-2-10-26-18)13-19-5-3-11-28-19/h2-11,15H,12-14H2,1H3. The number of aromatic nitrogens is 1. The topological polar surface area (TPSA) is 55.6 Å². The number of hydrogen-bond donors (Lipinski definition) is 0. The Bertz CT molecular complexity index is 1000. The molecule has 0 radical (unpaired) electrons. The van der Waals surface area contributed by atoms with Gasteiger partial charge < -0.3 is 14.1 Å². The lowest BCUT2D eigenvalue weighted by atomic mass is 10.2. The summed E-state index contributed by atoms with van der Waals surface area (Å²) in [5.74, 6) is 1.41. The first kappa shape index (κ1) is 19.4. The molecule has 0 bridgehead atoms. The molecule has 0 unspecified atom stereocenters. The number of ether oxygens (including phenoxy) is 1. The second-order valence-corrected chi connectivity index (χ2v) is 8.52. The number of rotatable bonds is 8. The average Bonchev–Trinajstić information content (AvgIpc) is 3.49. The molecule has 0 atom stereocenters. The molecule has 5 nitrogen and oxygen atoms in total. The van der Waals surface area contributed by atoms with Crippen LogP contribution in [-0.2, 0) is 19.7 Å². The maximum Gasteiger partial charge on any atom is 0.274 e. The molecule has 4 rings (SSSR count). The molecule has 0 N–H and O–H groups in total. The van der Waals surface area contributed by atoms with Crippen LogP contribution in [0.4, 0.5) is 0 Å². The summed E-state index contributed by atoms with van der Waals surface area (Å²) in [6.07, 6.45) is 1.62. The summed E-state index contributed by atoms with van der Waals surface area (Å²) in [5.41, 5.74) is 1.61. The van der Waals surface area contributed by atoms with E-state index in [1.54, 1.807) is 27.9 Å². The van der Waals surface area contributed by atoms with E-state index in [0.29, 0.717) is 25.4 Å². The smallest absolute Gasteiger partial charge is 0.274 e. The Labute approximate surface area is 177 Å². The van der Waals surface area contributed by atoms with E-state index in [-0.39, 0.29) is 5.91 Å². The molecule has 0 aliphatic carbocycles. The summed E-state index contributed by atoms with van der Waals surface area (Å²) in [7, 11) is 0. The highest BCUT2D eigenvalue weighted by molar-refractivity contribution is 7.10. The molecule has 0 spiro atoms. The monoisotopic (exact) mass is 424 g/mol. The highest BCUT2D eigenvalue weighted by Crippen LogP contribution is 2.20. The number of carbonyl (C=O) groups excluding carboxylic acids is 1. The predicted octanol–water partition coefficient (Wildman–Crippen LogP) is 5.53. The highest BCUT2D eigenvalue weighted by Gasteiger charge is 2.21. The Morgan fingerprint density at radius 1 is 1.10 bits per heavy atom. The minimum absolute atomic E-state index is 0.118. The van der Waals surface area contributed by atoms with Crippen LogP contribution in [0, 0.1) is 6.92 Å². The van der Waals surface area contributed by atoms with Crippen molar-refractivity contribution in [3.63, 3.8) is 0 Å². The van der Waals surface area contributed by atoms with Crippen molar-refractivity contribution in [2.75, 3.05) is 0 Å². The number of nitrogens with zero attached hydrogens (tertiary/aromatic N) is 2. The van der Waals surface area contributed by atoms with Crippen LogP contribution in [0.25, 0.3) is 0 Å². The second kappa shape index (κ2) is 9.07. The number of furan rings is 1. The van der Waals surface area contributed by atoms with Crippen LogP contribution in [0.1, 0.15) is 31.7 Å². The lowest BCUT2D eigenvalue weighted by Crippen LogP contribution is -2.30. The molecule has 0 aliphatic heterocycles. The number of amides is 1. The molecule has 3 heterocycles. The van der Waals surface area contributed by atoms with Crippen molar-refractivity contribution in [3.8, 4) is 5.75 Å². The van der Waals surface area contributed by atoms with Crippen LogP contribution >= 0.6 is 22.7 Å². The molecule has 1 amide bonds. The summed E-state index contributed by atoms with van der Waals surface area (Å²) >= 11 is 3.06. The van der Waals surface area contributed by atoms with Crippen LogP contribution in [0.5, 0.6) is 5.75 Å². The molecule has 148 valence electrons. The van der Waals surface area contributed by atoms with Gasteiger partial charge in [-0.3, -0.25) is 4.79 Å². The Kier molecular flexibility index (Phi) is 6.07. The third-order valence-electron chi connectivity index (χ3n) is 4.29. The first-order valence-corrected chi connectivity index (χ1v) is 10.9. The molecule has 4 aromatic rings. The Hall–Kier alpha value is -2.90. The largest absolute Gasteiger partial charge is 0.486 e. The zero-order chi connectivity index (χ0) is 20.1. The minimum Gasteiger partial charge on any atom is -0.486 e. The molecular formula is C22H20N2O3S2. The predicted molar refractivity (Wildman–Crippen MR) is 114 cm³/mol. The fraction of sp³-hybridized carbons (Fsp3) is 0.182. The number of benzene rings is 1. The quantitative estimate of drug-likeness (QED) is 0.373. The molecule has 1 aromatic carbocycles. The lowest BCUT2D eigenvalue weighted by molar-refractivity contribution is 0.0714. The Balaban J connectivity index is 1.44. The summed E-state index contributed by atoms with van der Waals surface area (Å²) in [6.45, 7) is 3.29. The normalized spacial score (nSPS) is 10.8. The number of aryl methyl sites for hydroxylation is 1. The molecule has 29 heavy (non-hydrogen) atoms. The van der Waals surface area contributed by atoms with Crippen LogP contribution < -0.4 is 4.74 Å². The van der Waals surface area contributed by atoms with E-state index in [2.05, 4.69) is 4.98 Å². The maximum absolute atomic E-state index is 13.1. The van der Waals surface area contributed by atoms with Crippen LogP contribution in [0.3, 0.4) is 0 Å². The Morgan fingerprint density at radius 3 is 2.69 bits per heavy atom. The van der Waals surface area contributed by atoms with Gasteiger partial charge in [0.1, 0.15) is 28.8 Å². The van der Waals surface area contributed by atoms with Crippen LogP contribution in [0.15, 0.2) is 70.0 Å². The zero-order valence-corrected chi connectivity index (χ0v) is 17.5. The van der Waals surface area contributed by atoms with Crippen molar-refractivity contribution in [1.29, 1.82) is 0 Å². The van der Waals surface area contributed by atoms with E-state index in [9.17, 15) is 4.79 Å². The molecule has 7 heteroatoms. The van der Waals surface area contributed by atoms with Gasteiger partial charge in [0.05, 0.1) is 19.4 Å². The minimum atomic E-state index is -0.118. The van der Waals surface area contributed by atoms with Gasteiger partial charge in [0.15, 0.2) is 0 Å². The third-order valence-corrected chi connectivity index (χ3v) is 5.98. The van der Waals surface area contributed by atoms with Crippen molar-refractivity contribution in [2.24, 2.45) is 0 Å². The number of carbonyl (C=O) groups is 1. The van der Waals surface area contributed by atoms with Crippen molar-refractivity contribution < 1.29 is 13.9 Å². The molecule has 0 saturated carbocycles. The summed E-state index contributed by atoms with van der Waals surface area (Å²) in [4.78, 5) is 20.5. The molecule has 0 fully saturated rings. The number of thiophene rings is 1. The van der Waals surface area contributed by atoms with Gasteiger partial charge >= 0.3 is 0 Å². The van der Waals surface area contributed by atoms with E-state index in [0.717, 1.165) is 21.4 Å². The average molecular weight is 425 g/mol. The van der Waals surface area contributed by atoms with E-state index in [1.807, 2.05) is 60.8 Å². The first-order chi connectivity index (χ1) is 14.2. The SMILES string of the molecule is Cc1ccc(OCc2nc(C(=O)N(Cc3ccco3)Cc3cccs3)cs2)cc1. The van der Waals surface area contributed by atoms with E-state index in [4.69, 9.17) is 9.15 Å². The van der Waals surface area contributed by atoms with Crippen molar-refractivity contribution >= 4 is 28.6 Å². The molecule has 0 saturated heterocycles. The van der Waals surface area contributed by atoms with Crippen LogP contribution in [-0.4, -0.2) is 15.8 Å². The fourth-order valence-electron chi connectivity index (χ4n) is 2.80. The molecule has 3 aromatic heterocycles.